The van der Waals surface area contributed by atoms with Crippen LogP contribution in [-0.2, 0) is 0 Å². The summed E-state index contributed by atoms with van der Waals surface area (Å²) in [6, 6.07) is 9.74. The van der Waals surface area contributed by atoms with Crippen molar-refractivity contribution >= 4 is 40.5 Å². The van der Waals surface area contributed by atoms with Gasteiger partial charge in [0.1, 0.15) is 17.0 Å². The van der Waals surface area contributed by atoms with Crippen LogP contribution in [0.15, 0.2) is 54.3 Å². The lowest BCUT2D eigenvalue weighted by Gasteiger charge is -2.19. The molecule has 1 N–H and O–H groups in total. The van der Waals surface area contributed by atoms with Gasteiger partial charge in [0.05, 0.1) is 11.2 Å². The summed E-state index contributed by atoms with van der Waals surface area (Å²) in [6.07, 6.45) is 12.6. The summed E-state index contributed by atoms with van der Waals surface area (Å²) < 4.78 is 17.6. The highest BCUT2D eigenvalue weighted by molar-refractivity contribution is 5.96. The van der Waals surface area contributed by atoms with Crippen molar-refractivity contribution in [1.29, 1.82) is 0 Å². The Bertz CT molecular complexity index is 1650. The number of nitrogens with zero attached hydrogens (tertiary/aromatic N) is 5. The standard InChI is InChI=1S/C30H29FN6/c1-4-19-13-20(11-12-26(19)32-3)29-33-17-24-23(16-34-30(24)36-29)21-14-25(31)28-27(15-21)37(18(2)35-28)22-9-7-5-6-8-10-22/h4,11-17,22H,1,3,5-10H2,2H3,(H,33,34,36). The van der Waals surface area contributed by atoms with Crippen molar-refractivity contribution < 1.29 is 4.39 Å². The number of aromatic amines is 1. The van der Waals surface area contributed by atoms with Crippen LogP contribution in [0.25, 0.3) is 50.7 Å². The van der Waals surface area contributed by atoms with E-state index in [4.69, 9.17) is 4.98 Å². The fourth-order valence-electron chi connectivity index (χ4n) is 5.69. The van der Waals surface area contributed by atoms with Gasteiger partial charge in [0.25, 0.3) is 0 Å². The molecule has 5 aromatic rings. The topological polar surface area (TPSA) is 71.8 Å². The van der Waals surface area contributed by atoms with Crippen molar-refractivity contribution in [3.05, 3.63) is 66.5 Å². The average molecular weight is 493 g/mol. The van der Waals surface area contributed by atoms with Crippen molar-refractivity contribution in [2.45, 2.75) is 51.5 Å². The molecule has 0 saturated heterocycles. The minimum atomic E-state index is -0.303. The second-order valence-corrected chi connectivity index (χ2v) is 9.79. The molecule has 1 aliphatic carbocycles. The van der Waals surface area contributed by atoms with Crippen LogP contribution in [0.1, 0.15) is 56.0 Å². The summed E-state index contributed by atoms with van der Waals surface area (Å²) >= 11 is 0. The van der Waals surface area contributed by atoms with E-state index in [0.717, 1.165) is 57.5 Å². The van der Waals surface area contributed by atoms with Gasteiger partial charge in [-0.05, 0) is 62.4 Å². The first-order chi connectivity index (χ1) is 18.1. The fourth-order valence-corrected chi connectivity index (χ4v) is 5.69. The zero-order valence-corrected chi connectivity index (χ0v) is 21.0. The van der Waals surface area contributed by atoms with Gasteiger partial charge in [-0.2, -0.15) is 0 Å². The summed E-state index contributed by atoms with van der Waals surface area (Å²) in [6.45, 7) is 9.46. The first kappa shape index (κ1) is 23.3. The second kappa shape index (κ2) is 9.39. The molecule has 3 aromatic heterocycles. The van der Waals surface area contributed by atoms with Crippen LogP contribution in [-0.4, -0.2) is 31.2 Å². The largest absolute Gasteiger partial charge is 0.345 e. The third-order valence-corrected chi connectivity index (χ3v) is 7.53. The summed E-state index contributed by atoms with van der Waals surface area (Å²) in [4.78, 5) is 21.3. The lowest BCUT2D eigenvalue weighted by atomic mass is 10.0. The Balaban J connectivity index is 1.43. The number of aryl methyl sites for hydroxylation is 1. The van der Waals surface area contributed by atoms with E-state index >= 15 is 4.39 Å². The Morgan fingerprint density at radius 3 is 2.65 bits per heavy atom. The molecule has 0 spiro atoms. The number of nitrogens with one attached hydrogen (secondary N) is 1. The van der Waals surface area contributed by atoms with Gasteiger partial charge in [-0.15, -0.1) is 0 Å². The first-order valence-electron chi connectivity index (χ1n) is 12.8. The Hall–Kier alpha value is -4.13. The van der Waals surface area contributed by atoms with Crippen LogP contribution in [0.5, 0.6) is 0 Å². The Kier molecular flexibility index (Phi) is 5.91. The molecule has 2 aromatic carbocycles. The molecule has 0 amide bonds. The smallest absolute Gasteiger partial charge is 0.161 e. The van der Waals surface area contributed by atoms with Crippen molar-refractivity contribution in [1.82, 2.24) is 24.5 Å². The Morgan fingerprint density at radius 1 is 1.08 bits per heavy atom. The van der Waals surface area contributed by atoms with Crippen LogP contribution in [0, 0.1) is 12.7 Å². The first-order valence-corrected chi connectivity index (χ1v) is 12.8. The van der Waals surface area contributed by atoms with E-state index < -0.39 is 0 Å². The highest BCUT2D eigenvalue weighted by Gasteiger charge is 2.22. The van der Waals surface area contributed by atoms with Gasteiger partial charge in [0, 0.05) is 40.5 Å². The Morgan fingerprint density at radius 2 is 1.89 bits per heavy atom. The molecule has 37 heavy (non-hydrogen) atoms. The molecule has 6 rings (SSSR count). The highest BCUT2D eigenvalue weighted by Crippen LogP contribution is 2.36. The molecule has 3 heterocycles. The predicted octanol–water partition coefficient (Wildman–Crippen LogP) is 7.96. The minimum Gasteiger partial charge on any atom is -0.345 e. The van der Waals surface area contributed by atoms with E-state index in [1.165, 1.54) is 25.7 Å². The molecule has 0 bridgehead atoms. The number of aromatic nitrogens is 5. The normalized spacial score (nSPS) is 14.8. The fraction of sp³-hybridized carbons (Fsp3) is 0.267. The SMILES string of the molecule is C=Cc1cc(-c2ncc3c(-c4cc(F)c5nc(C)n(C6CCCCCC6)c5c4)c[nH]c3n2)ccc1N=C. The molecule has 0 atom stereocenters. The number of aliphatic imine (C=N–C) groups is 1. The van der Waals surface area contributed by atoms with E-state index in [1.54, 1.807) is 18.3 Å². The van der Waals surface area contributed by atoms with Crippen LogP contribution in [0.4, 0.5) is 10.1 Å². The zero-order chi connectivity index (χ0) is 25.5. The minimum absolute atomic E-state index is 0.303. The maximum absolute atomic E-state index is 15.4. The molecule has 0 aliphatic heterocycles. The second-order valence-electron chi connectivity index (χ2n) is 9.79. The van der Waals surface area contributed by atoms with Gasteiger partial charge >= 0.3 is 0 Å². The maximum atomic E-state index is 15.4. The molecule has 7 heteroatoms. The van der Waals surface area contributed by atoms with Crippen molar-refractivity contribution in [3.63, 3.8) is 0 Å². The van der Waals surface area contributed by atoms with Crippen molar-refractivity contribution in [2.24, 2.45) is 4.99 Å². The van der Waals surface area contributed by atoms with E-state index in [0.29, 0.717) is 23.0 Å². The van der Waals surface area contributed by atoms with Crippen LogP contribution in [0.2, 0.25) is 0 Å². The van der Waals surface area contributed by atoms with E-state index in [2.05, 4.69) is 43.9 Å². The predicted molar refractivity (Wildman–Crippen MR) is 149 cm³/mol. The molecule has 1 saturated carbocycles. The van der Waals surface area contributed by atoms with E-state index in [-0.39, 0.29) is 5.82 Å². The average Bonchev–Trinajstić information content (AvgIpc) is 3.37. The van der Waals surface area contributed by atoms with Crippen LogP contribution in [0.3, 0.4) is 0 Å². The zero-order valence-electron chi connectivity index (χ0n) is 21.0. The van der Waals surface area contributed by atoms with Gasteiger partial charge < -0.3 is 9.55 Å². The van der Waals surface area contributed by atoms with Crippen LogP contribution < -0.4 is 0 Å². The number of hydrogen-bond acceptors (Lipinski definition) is 4. The third-order valence-electron chi connectivity index (χ3n) is 7.53. The lowest BCUT2D eigenvalue weighted by molar-refractivity contribution is 0.446. The number of imidazole rings is 1. The monoisotopic (exact) mass is 492 g/mol. The molecular formula is C30H29FN6. The summed E-state index contributed by atoms with van der Waals surface area (Å²) in [5.74, 6) is 1.16. The molecule has 1 fully saturated rings. The van der Waals surface area contributed by atoms with E-state index in [1.807, 2.05) is 31.3 Å². The number of fused-ring (bicyclic) bond motifs is 2. The quantitative estimate of drug-likeness (QED) is 0.200. The number of rotatable bonds is 5. The van der Waals surface area contributed by atoms with Crippen molar-refractivity contribution in [2.75, 3.05) is 0 Å². The summed E-state index contributed by atoms with van der Waals surface area (Å²) in [7, 11) is 0. The van der Waals surface area contributed by atoms with Crippen molar-refractivity contribution in [3.8, 4) is 22.5 Å². The third kappa shape index (κ3) is 4.04. The molecular weight excluding hydrogens is 463 g/mol. The van der Waals surface area contributed by atoms with Gasteiger partial charge in [0.2, 0.25) is 0 Å². The molecule has 1 aliphatic rings. The molecule has 0 radical (unpaired) electrons. The maximum Gasteiger partial charge on any atom is 0.161 e. The van der Waals surface area contributed by atoms with E-state index in [9.17, 15) is 0 Å². The molecule has 6 nitrogen and oxygen atoms in total. The highest BCUT2D eigenvalue weighted by atomic mass is 19.1. The number of benzene rings is 2. The summed E-state index contributed by atoms with van der Waals surface area (Å²) in [5, 5.41) is 0.841. The van der Waals surface area contributed by atoms with Crippen LogP contribution >= 0.6 is 0 Å². The van der Waals surface area contributed by atoms with Gasteiger partial charge in [-0.25, -0.2) is 19.3 Å². The lowest BCUT2D eigenvalue weighted by Crippen LogP contribution is -2.09. The number of halogens is 1. The summed E-state index contributed by atoms with van der Waals surface area (Å²) in [5.41, 5.74) is 6.14. The Labute approximate surface area is 215 Å². The number of hydrogen-bond donors (Lipinski definition) is 1. The van der Waals surface area contributed by atoms with Gasteiger partial charge in [0.15, 0.2) is 11.6 Å². The number of H-pyrrole nitrogens is 1. The van der Waals surface area contributed by atoms with Gasteiger partial charge in [-0.3, -0.25) is 4.99 Å². The van der Waals surface area contributed by atoms with Gasteiger partial charge in [-0.1, -0.05) is 38.3 Å². The molecule has 186 valence electrons. The molecule has 0 unspecified atom stereocenters.